The fraction of sp³-hybridized carbons (Fsp3) is 0.136. The summed E-state index contributed by atoms with van der Waals surface area (Å²) in [5.41, 5.74) is 3.87. The molecule has 0 saturated carbocycles. The van der Waals surface area contributed by atoms with Crippen molar-refractivity contribution >= 4 is 34.8 Å². The molecule has 3 aromatic rings. The van der Waals surface area contributed by atoms with Crippen molar-refractivity contribution in [2.24, 2.45) is 0 Å². The van der Waals surface area contributed by atoms with Gasteiger partial charge in [0.05, 0.1) is 0 Å². The van der Waals surface area contributed by atoms with Crippen molar-refractivity contribution in [3.8, 4) is 0 Å². The van der Waals surface area contributed by atoms with Gasteiger partial charge in [-0.3, -0.25) is 14.6 Å². The van der Waals surface area contributed by atoms with Gasteiger partial charge in [-0.05, 0) is 60.9 Å². The van der Waals surface area contributed by atoms with Gasteiger partial charge in [0.2, 0.25) is 0 Å². The van der Waals surface area contributed by atoms with Crippen LogP contribution in [0.5, 0.6) is 0 Å². The van der Waals surface area contributed by atoms with Crippen LogP contribution in [-0.4, -0.2) is 16.8 Å². The molecule has 28 heavy (non-hydrogen) atoms. The third-order valence-corrected chi connectivity index (χ3v) is 4.56. The van der Waals surface area contributed by atoms with Crippen LogP contribution < -0.4 is 10.6 Å². The molecule has 6 heteroatoms. The third kappa shape index (κ3) is 4.75. The van der Waals surface area contributed by atoms with Gasteiger partial charge in [-0.2, -0.15) is 0 Å². The highest BCUT2D eigenvalue weighted by atomic mass is 35.5. The molecule has 0 bridgehead atoms. The summed E-state index contributed by atoms with van der Waals surface area (Å²) in [5, 5.41) is 6.14. The Kier molecular flexibility index (Phi) is 6.06. The van der Waals surface area contributed by atoms with Crippen molar-refractivity contribution in [1.29, 1.82) is 0 Å². The van der Waals surface area contributed by atoms with Gasteiger partial charge in [0.25, 0.3) is 11.8 Å². The molecule has 0 unspecified atom stereocenters. The molecule has 5 nitrogen and oxygen atoms in total. The summed E-state index contributed by atoms with van der Waals surface area (Å²) in [6.45, 7) is 3.94. The molecule has 0 spiro atoms. The second-order valence-corrected chi connectivity index (χ2v) is 6.78. The van der Waals surface area contributed by atoms with Crippen LogP contribution in [0.25, 0.3) is 0 Å². The number of hydrogen-bond acceptors (Lipinski definition) is 3. The molecule has 1 aromatic heterocycles. The summed E-state index contributed by atoms with van der Waals surface area (Å²) in [5.74, 6) is -0.716. The van der Waals surface area contributed by atoms with E-state index >= 15 is 0 Å². The lowest BCUT2D eigenvalue weighted by molar-refractivity contribution is 0.102. The Morgan fingerprint density at radius 1 is 0.964 bits per heavy atom. The van der Waals surface area contributed by atoms with Gasteiger partial charge in [0, 0.05) is 28.2 Å². The van der Waals surface area contributed by atoms with Gasteiger partial charge in [-0.15, -0.1) is 0 Å². The maximum absolute atomic E-state index is 12.6. The molecular weight excluding hydrogens is 374 g/mol. The van der Waals surface area contributed by atoms with Crippen molar-refractivity contribution in [1.82, 2.24) is 4.98 Å². The van der Waals surface area contributed by atoms with E-state index in [-0.39, 0.29) is 17.5 Å². The fourth-order valence-electron chi connectivity index (χ4n) is 2.64. The van der Waals surface area contributed by atoms with Crippen LogP contribution >= 0.6 is 11.6 Å². The number of aromatic nitrogens is 1. The number of hydrogen-bond donors (Lipinski definition) is 2. The Labute approximate surface area is 168 Å². The highest BCUT2D eigenvalue weighted by Gasteiger charge is 2.13. The fourth-order valence-corrected chi connectivity index (χ4v) is 2.81. The standard InChI is InChI=1S/C22H20ClN3O2/c1-3-15-5-8-18(9-6-15)25-22(28)20-12-16(10-11-24-20)21(27)26-19-13-17(23)7-4-14(19)2/h4-13H,3H2,1-2H3,(H,25,28)(H,26,27). The quantitative estimate of drug-likeness (QED) is 0.632. The number of carbonyl (C=O) groups excluding carboxylic acids is 2. The van der Waals surface area contributed by atoms with Crippen LogP contribution in [0, 0.1) is 6.92 Å². The minimum Gasteiger partial charge on any atom is -0.322 e. The zero-order chi connectivity index (χ0) is 20.1. The highest BCUT2D eigenvalue weighted by Crippen LogP contribution is 2.21. The molecule has 3 rings (SSSR count). The number of nitrogens with zero attached hydrogens (tertiary/aromatic N) is 1. The van der Waals surface area contributed by atoms with Crippen LogP contribution in [0.4, 0.5) is 11.4 Å². The molecule has 142 valence electrons. The average molecular weight is 394 g/mol. The maximum atomic E-state index is 12.6. The first-order valence-corrected chi connectivity index (χ1v) is 9.28. The molecule has 0 radical (unpaired) electrons. The number of halogens is 1. The van der Waals surface area contributed by atoms with Gasteiger partial charge in [0.15, 0.2) is 0 Å². The van der Waals surface area contributed by atoms with Crippen molar-refractivity contribution in [2.75, 3.05) is 10.6 Å². The van der Waals surface area contributed by atoms with E-state index in [4.69, 9.17) is 11.6 Å². The van der Waals surface area contributed by atoms with E-state index in [0.717, 1.165) is 12.0 Å². The number of anilines is 2. The zero-order valence-corrected chi connectivity index (χ0v) is 16.4. The van der Waals surface area contributed by atoms with Gasteiger partial charge < -0.3 is 10.6 Å². The minimum atomic E-state index is -0.377. The van der Waals surface area contributed by atoms with E-state index < -0.39 is 0 Å². The number of rotatable bonds is 5. The maximum Gasteiger partial charge on any atom is 0.274 e. The zero-order valence-electron chi connectivity index (χ0n) is 15.6. The molecule has 0 fully saturated rings. The summed E-state index contributed by atoms with van der Waals surface area (Å²) in [7, 11) is 0. The molecule has 0 aliphatic rings. The Morgan fingerprint density at radius 2 is 1.71 bits per heavy atom. The monoisotopic (exact) mass is 393 g/mol. The first kappa shape index (κ1) is 19.6. The van der Waals surface area contributed by atoms with E-state index in [2.05, 4.69) is 22.5 Å². The van der Waals surface area contributed by atoms with E-state index in [1.165, 1.54) is 17.8 Å². The summed E-state index contributed by atoms with van der Waals surface area (Å²) in [4.78, 5) is 29.1. The van der Waals surface area contributed by atoms with Gasteiger partial charge in [-0.1, -0.05) is 36.7 Å². The largest absolute Gasteiger partial charge is 0.322 e. The predicted molar refractivity (Wildman–Crippen MR) is 112 cm³/mol. The second-order valence-electron chi connectivity index (χ2n) is 6.35. The van der Waals surface area contributed by atoms with Crippen molar-refractivity contribution in [3.63, 3.8) is 0 Å². The Balaban J connectivity index is 1.74. The van der Waals surface area contributed by atoms with Crippen LogP contribution in [0.1, 0.15) is 38.9 Å². The predicted octanol–water partition coefficient (Wildman–Crippen LogP) is 5.11. The van der Waals surface area contributed by atoms with Gasteiger partial charge in [-0.25, -0.2) is 0 Å². The minimum absolute atomic E-state index is 0.162. The van der Waals surface area contributed by atoms with E-state index in [9.17, 15) is 9.59 Å². The van der Waals surface area contributed by atoms with E-state index in [1.54, 1.807) is 18.2 Å². The van der Waals surface area contributed by atoms with Crippen LogP contribution in [0.3, 0.4) is 0 Å². The lowest BCUT2D eigenvalue weighted by Crippen LogP contribution is -2.17. The topological polar surface area (TPSA) is 71.1 Å². The SMILES string of the molecule is CCc1ccc(NC(=O)c2cc(C(=O)Nc3cc(Cl)ccc3C)ccn2)cc1. The number of carbonyl (C=O) groups is 2. The summed E-state index contributed by atoms with van der Waals surface area (Å²) in [6, 6.07) is 15.9. The smallest absolute Gasteiger partial charge is 0.274 e. The van der Waals surface area contributed by atoms with Crippen LogP contribution in [-0.2, 0) is 6.42 Å². The van der Waals surface area contributed by atoms with Crippen molar-refractivity contribution < 1.29 is 9.59 Å². The van der Waals surface area contributed by atoms with Crippen LogP contribution in [0.15, 0.2) is 60.8 Å². The normalized spacial score (nSPS) is 10.4. The molecule has 0 aliphatic carbocycles. The molecule has 2 N–H and O–H groups in total. The average Bonchev–Trinajstić information content (AvgIpc) is 2.71. The number of pyridine rings is 1. The second kappa shape index (κ2) is 8.67. The lowest BCUT2D eigenvalue weighted by atomic mass is 10.1. The Hall–Kier alpha value is -3.18. The summed E-state index contributed by atoms with van der Waals surface area (Å²) < 4.78 is 0. The molecule has 1 heterocycles. The molecule has 0 aliphatic heterocycles. The van der Waals surface area contributed by atoms with Gasteiger partial charge >= 0.3 is 0 Å². The number of amides is 2. The Bertz CT molecular complexity index is 1020. The Morgan fingerprint density at radius 3 is 2.43 bits per heavy atom. The number of benzene rings is 2. The molecule has 2 amide bonds. The lowest BCUT2D eigenvalue weighted by Gasteiger charge is -2.10. The van der Waals surface area contributed by atoms with Gasteiger partial charge in [0.1, 0.15) is 5.69 Å². The number of aryl methyl sites for hydroxylation is 2. The molecule has 2 aromatic carbocycles. The van der Waals surface area contributed by atoms with Crippen molar-refractivity contribution in [3.05, 3.63) is 88.2 Å². The van der Waals surface area contributed by atoms with E-state index in [1.807, 2.05) is 37.3 Å². The van der Waals surface area contributed by atoms with E-state index in [0.29, 0.717) is 22.0 Å². The third-order valence-electron chi connectivity index (χ3n) is 4.32. The first-order chi connectivity index (χ1) is 13.5. The van der Waals surface area contributed by atoms with Crippen molar-refractivity contribution in [2.45, 2.75) is 20.3 Å². The molecule has 0 atom stereocenters. The first-order valence-electron chi connectivity index (χ1n) is 8.90. The highest BCUT2D eigenvalue weighted by molar-refractivity contribution is 6.31. The molecule has 0 saturated heterocycles. The number of nitrogens with one attached hydrogen (secondary N) is 2. The molecular formula is C22H20ClN3O2. The van der Waals surface area contributed by atoms with Crippen LogP contribution in [0.2, 0.25) is 5.02 Å². The summed E-state index contributed by atoms with van der Waals surface area (Å²) >= 11 is 5.99. The summed E-state index contributed by atoms with van der Waals surface area (Å²) in [6.07, 6.45) is 2.37.